The number of rotatable bonds is 7. The Morgan fingerprint density at radius 2 is 1.62 bits per heavy atom. The van der Waals surface area contributed by atoms with E-state index in [2.05, 4.69) is 10.0 Å². The highest BCUT2D eigenvalue weighted by molar-refractivity contribution is 7.89. The van der Waals surface area contributed by atoms with Crippen LogP contribution in [0.2, 0.25) is 10.0 Å². The topological polar surface area (TPSA) is 75.3 Å². The predicted octanol–water partition coefficient (Wildman–Crippen LogP) is 4.45. The lowest BCUT2D eigenvalue weighted by Gasteiger charge is -2.24. The van der Waals surface area contributed by atoms with E-state index in [4.69, 9.17) is 23.2 Å². The molecule has 0 aliphatic heterocycles. The van der Waals surface area contributed by atoms with Crippen LogP contribution in [0.15, 0.2) is 41.3 Å². The molecule has 29 heavy (non-hydrogen) atoms. The van der Waals surface area contributed by atoms with Crippen molar-refractivity contribution in [1.29, 1.82) is 0 Å². The van der Waals surface area contributed by atoms with Gasteiger partial charge in [0, 0.05) is 11.6 Å². The molecule has 0 saturated heterocycles. The van der Waals surface area contributed by atoms with Gasteiger partial charge in [-0.2, -0.15) is 4.72 Å². The zero-order valence-electron chi connectivity index (χ0n) is 15.8. The van der Waals surface area contributed by atoms with Gasteiger partial charge in [0.25, 0.3) is 0 Å². The first-order valence-corrected chi connectivity index (χ1v) is 10.9. The average molecular weight is 465 g/mol. The molecule has 2 unspecified atom stereocenters. The van der Waals surface area contributed by atoms with Crippen LogP contribution in [-0.4, -0.2) is 20.4 Å². The summed E-state index contributed by atoms with van der Waals surface area (Å²) < 4.78 is 54.9. The number of amides is 1. The van der Waals surface area contributed by atoms with Crippen molar-refractivity contribution in [2.24, 2.45) is 5.92 Å². The Labute approximate surface area is 178 Å². The second kappa shape index (κ2) is 9.38. The van der Waals surface area contributed by atoms with E-state index in [1.165, 1.54) is 31.2 Å². The maximum Gasteiger partial charge on any atom is 0.244 e. The first kappa shape index (κ1) is 23.5. The van der Waals surface area contributed by atoms with Gasteiger partial charge in [0.2, 0.25) is 15.9 Å². The molecule has 2 atom stereocenters. The maximum atomic E-state index is 14.0. The molecule has 1 amide bonds. The molecule has 0 aliphatic rings. The van der Waals surface area contributed by atoms with Crippen molar-refractivity contribution in [3.8, 4) is 0 Å². The fourth-order valence-electron chi connectivity index (χ4n) is 2.69. The number of carbonyl (C=O) groups excluding carboxylic acids is 1. The van der Waals surface area contributed by atoms with Crippen molar-refractivity contribution in [2.45, 2.75) is 37.8 Å². The molecule has 2 N–H and O–H groups in total. The molecule has 0 aromatic heterocycles. The second-order valence-electron chi connectivity index (χ2n) is 6.79. The van der Waals surface area contributed by atoms with Crippen LogP contribution in [0.5, 0.6) is 0 Å². The van der Waals surface area contributed by atoms with Gasteiger partial charge in [-0.1, -0.05) is 49.2 Å². The molecule has 0 bridgehead atoms. The Kier molecular flexibility index (Phi) is 7.62. The second-order valence-corrected chi connectivity index (χ2v) is 9.26. The Hall–Kier alpha value is -1.74. The molecule has 2 rings (SSSR count). The third-order valence-electron chi connectivity index (χ3n) is 4.21. The van der Waals surface area contributed by atoms with E-state index >= 15 is 0 Å². The number of nitrogens with one attached hydrogen (secondary N) is 2. The first-order chi connectivity index (χ1) is 13.4. The fourth-order valence-corrected chi connectivity index (χ4v) is 5.18. The molecule has 2 aromatic carbocycles. The van der Waals surface area contributed by atoms with Crippen molar-refractivity contribution in [2.75, 3.05) is 0 Å². The van der Waals surface area contributed by atoms with Crippen LogP contribution >= 0.6 is 23.2 Å². The van der Waals surface area contributed by atoms with Gasteiger partial charge in [0.1, 0.15) is 22.6 Å². The standard InChI is InChI=1S/C19H20Cl2F2N2O3S/c1-10(2)17(25-29(27,28)18-14(20)5-4-6-15(18)21)19(26)24-11(3)13-8-7-12(22)9-16(13)23/h4-11,17,25H,1-3H3,(H,24,26). The molecule has 0 spiro atoms. The fraction of sp³-hybridized carbons (Fsp3) is 0.316. The average Bonchev–Trinajstić information content (AvgIpc) is 2.58. The Bertz CT molecular complexity index is 996. The van der Waals surface area contributed by atoms with Crippen LogP contribution in [0.4, 0.5) is 8.78 Å². The van der Waals surface area contributed by atoms with Gasteiger partial charge >= 0.3 is 0 Å². The van der Waals surface area contributed by atoms with Gasteiger partial charge < -0.3 is 5.32 Å². The minimum absolute atomic E-state index is 0.0688. The third-order valence-corrected chi connectivity index (χ3v) is 6.60. The van der Waals surface area contributed by atoms with E-state index in [1.54, 1.807) is 13.8 Å². The highest BCUT2D eigenvalue weighted by atomic mass is 35.5. The predicted molar refractivity (Wildman–Crippen MR) is 108 cm³/mol. The van der Waals surface area contributed by atoms with Gasteiger partial charge in [-0.3, -0.25) is 4.79 Å². The van der Waals surface area contributed by atoms with E-state index in [9.17, 15) is 22.0 Å². The molecule has 158 valence electrons. The van der Waals surface area contributed by atoms with Crippen LogP contribution in [0, 0.1) is 17.6 Å². The summed E-state index contributed by atoms with van der Waals surface area (Å²) in [6.07, 6.45) is 0. The van der Waals surface area contributed by atoms with E-state index in [1.807, 2.05) is 0 Å². The number of carbonyl (C=O) groups is 1. The summed E-state index contributed by atoms with van der Waals surface area (Å²) in [6.45, 7) is 4.79. The number of benzene rings is 2. The van der Waals surface area contributed by atoms with Gasteiger partial charge in [-0.05, 0) is 31.0 Å². The maximum absolute atomic E-state index is 14.0. The summed E-state index contributed by atoms with van der Waals surface area (Å²) in [5, 5.41) is 2.37. The number of halogens is 4. The van der Waals surface area contributed by atoms with Crippen molar-refractivity contribution in [3.63, 3.8) is 0 Å². The van der Waals surface area contributed by atoms with E-state index in [-0.39, 0.29) is 20.5 Å². The Balaban J connectivity index is 2.26. The van der Waals surface area contributed by atoms with Crippen LogP contribution in [-0.2, 0) is 14.8 Å². The largest absolute Gasteiger partial charge is 0.348 e. The molecule has 0 saturated carbocycles. The van der Waals surface area contributed by atoms with Crippen molar-refractivity contribution in [3.05, 3.63) is 63.6 Å². The van der Waals surface area contributed by atoms with E-state index < -0.39 is 45.6 Å². The summed E-state index contributed by atoms with van der Waals surface area (Å²) in [4.78, 5) is 12.4. The highest BCUT2D eigenvalue weighted by Crippen LogP contribution is 2.29. The van der Waals surface area contributed by atoms with Gasteiger partial charge in [0.15, 0.2) is 0 Å². The monoisotopic (exact) mass is 464 g/mol. The zero-order chi connectivity index (χ0) is 21.9. The van der Waals surface area contributed by atoms with Crippen LogP contribution in [0.25, 0.3) is 0 Å². The van der Waals surface area contributed by atoms with Crippen molar-refractivity contribution >= 4 is 39.1 Å². The number of sulfonamides is 1. The summed E-state index contributed by atoms with van der Waals surface area (Å²) in [7, 11) is -4.22. The molecule has 0 heterocycles. The lowest BCUT2D eigenvalue weighted by atomic mass is 10.0. The van der Waals surface area contributed by atoms with Crippen LogP contribution in [0.1, 0.15) is 32.4 Å². The molecular formula is C19H20Cl2F2N2O3S. The number of hydrogen-bond acceptors (Lipinski definition) is 3. The minimum Gasteiger partial charge on any atom is -0.348 e. The Morgan fingerprint density at radius 1 is 1.03 bits per heavy atom. The number of hydrogen-bond donors (Lipinski definition) is 2. The van der Waals surface area contributed by atoms with E-state index in [0.29, 0.717) is 6.07 Å². The summed E-state index contributed by atoms with van der Waals surface area (Å²) in [6, 6.07) is 5.22. The Morgan fingerprint density at radius 3 is 2.14 bits per heavy atom. The lowest BCUT2D eigenvalue weighted by molar-refractivity contribution is -0.124. The highest BCUT2D eigenvalue weighted by Gasteiger charge is 2.31. The first-order valence-electron chi connectivity index (χ1n) is 8.65. The van der Waals surface area contributed by atoms with Gasteiger partial charge in [-0.25, -0.2) is 17.2 Å². The van der Waals surface area contributed by atoms with Crippen molar-refractivity contribution < 1.29 is 22.0 Å². The zero-order valence-corrected chi connectivity index (χ0v) is 18.2. The van der Waals surface area contributed by atoms with Gasteiger partial charge in [0.05, 0.1) is 16.1 Å². The van der Waals surface area contributed by atoms with Crippen molar-refractivity contribution in [1.82, 2.24) is 10.0 Å². The SMILES string of the molecule is CC(NC(=O)C(NS(=O)(=O)c1c(Cl)cccc1Cl)C(C)C)c1ccc(F)cc1F. The molecule has 2 aromatic rings. The molecule has 0 radical (unpaired) electrons. The van der Waals surface area contributed by atoms with E-state index in [0.717, 1.165) is 6.07 Å². The molecule has 0 aliphatic carbocycles. The van der Waals surface area contributed by atoms with Gasteiger partial charge in [-0.15, -0.1) is 0 Å². The quantitative estimate of drug-likeness (QED) is 0.635. The molecule has 0 fully saturated rings. The molecule has 10 heteroatoms. The minimum atomic E-state index is -4.22. The summed E-state index contributed by atoms with van der Waals surface area (Å²) >= 11 is 11.9. The van der Waals surface area contributed by atoms with Crippen LogP contribution in [0.3, 0.4) is 0 Å². The smallest absolute Gasteiger partial charge is 0.244 e. The molecule has 5 nitrogen and oxygen atoms in total. The molecular weight excluding hydrogens is 445 g/mol. The summed E-state index contributed by atoms with van der Waals surface area (Å²) in [5.74, 6) is -2.68. The normalized spacial score (nSPS) is 13.9. The third kappa shape index (κ3) is 5.66. The lowest BCUT2D eigenvalue weighted by Crippen LogP contribution is -2.50. The van der Waals surface area contributed by atoms with Crippen LogP contribution < -0.4 is 10.0 Å². The summed E-state index contributed by atoms with van der Waals surface area (Å²) in [5.41, 5.74) is 0.0688.